The minimum absolute atomic E-state index is 0.739. The van der Waals surface area contributed by atoms with Crippen LogP contribution in [0.15, 0.2) is 0 Å². The molecule has 2 aliphatic rings. The molecule has 2 rings (SSSR count). The fourth-order valence-corrected chi connectivity index (χ4v) is 3.00. The largest absolute Gasteiger partial charge is 0.312 e. The van der Waals surface area contributed by atoms with Crippen LogP contribution in [0.3, 0.4) is 0 Å². The van der Waals surface area contributed by atoms with Gasteiger partial charge in [0.25, 0.3) is 0 Å². The number of nitrogens with zero attached hydrogens (tertiary/aromatic N) is 1. The predicted molar refractivity (Wildman–Crippen MR) is 63.7 cm³/mol. The van der Waals surface area contributed by atoms with Crippen LogP contribution in [0.25, 0.3) is 0 Å². The van der Waals surface area contributed by atoms with Crippen LogP contribution in [-0.4, -0.2) is 36.6 Å². The number of likely N-dealkylation sites (tertiary alicyclic amines) is 1. The van der Waals surface area contributed by atoms with Crippen LogP contribution in [0, 0.1) is 12.3 Å². The summed E-state index contributed by atoms with van der Waals surface area (Å²) in [4.78, 5) is 2.62. The van der Waals surface area contributed by atoms with E-state index in [-0.39, 0.29) is 0 Å². The first-order valence-electron chi connectivity index (χ1n) is 6.32. The molecule has 0 aromatic heterocycles. The zero-order chi connectivity index (χ0) is 10.5. The lowest BCUT2D eigenvalue weighted by Gasteiger charge is -2.39. The molecule has 2 heterocycles. The van der Waals surface area contributed by atoms with E-state index in [4.69, 9.17) is 6.42 Å². The van der Waals surface area contributed by atoms with Gasteiger partial charge in [0.05, 0.1) is 0 Å². The summed E-state index contributed by atoms with van der Waals surface area (Å²) in [6.07, 6.45) is 13.1. The van der Waals surface area contributed by atoms with Gasteiger partial charge < -0.3 is 5.32 Å². The van der Waals surface area contributed by atoms with Gasteiger partial charge in [0.15, 0.2) is 0 Å². The summed E-state index contributed by atoms with van der Waals surface area (Å²) < 4.78 is 0. The molecule has 1 N–H and O–H groups in total. The van der Waals surface area contributed by atoms with Crippen LogP contribution < -0.4 is 5.32 Å². The highest BCUT2D eigenvalue weighted by Crippen LogP contribution is 2.24. The smallest absolute Gasteiger partial charge is 0.0249 e. The van der Waals surface area contributed by atoms with E-state index in [1.807, 2.05) is 0 Å². The third-order valence-electron chi connectivity index (χ3n) is 3.77. The third-order valence-corrected chi connectivity index (χ3v) is 3.77. The molecule has 0 aromatic carbocycles. The number of piperidine rings is 1. The summed E-state index contributed by atoms with van der Waals surface area (Å²) in [5, 5.41) is 3.64. The Kier molecular flexibility index (Phi) is 4.05. The number of rotatable bonds is 3. The first-order valence-corrected chi connectivity index (χ1v) is 6.32. The van der Waals surface area contributed by atoms with Gasteiger partial charge in [0.2, 0.25) is 0 Å². The molecule has 2 saturated heterocycles. The Labute approximate surface area is 93.4 Å². The number of terminal acetylenes is 1. The van der Waals surface area contributed by atoms with Crippen LogP contribution >= 0.6 is 0 Å². The Morgan fingerprint density at radius 2 is 2.20 bits per heavy atom. The molecule has 2 aliphatic heterocycles. The lowest BCUT2D eigenvalue weighted by atomic mass is 9.94. The zero-order valence-electron chi connectivity index (χ0n) is 9.54. The van der Waals surface area contributed by atoms with Gasteiger partial charge in [-0.25, -0.2) is 0 Å². The van der Waals surface area contributed by atoms with Crippen molar-refractivity contribution < 1.29 is 0 Å². The van der Waals surface area contributed by atoms with Gasteiger partial charge in [-0.05, 0) is 38.8 Å². The quantitative estimate of drug-likeness (QED) is 0.706. The summed E-state index contributed by atoms with van der Waals surface area (Å²) >= 11 is 0. The summed E-state index contributed by atoms with van der Waals surface area (Å²) in [5.74, 6) is 2.76. The second-order valence-corrected chi connectivity index (χ2v) is 4.76. The molecule has 0 radical (unpaired) electrons. The van der Waals surface area contributed by atoms with Crippen LogP contribution in [0.5, 0.6) is 0 Å². The highest BCUT2D eigenvalue weighted by atomic mass is 15.2. The molecule has 0 aromatic rings. The van der Waals surface area contributed by atoms with Gasteiger partial charge in [-0.3, -0.25) is 4.90 Å². The molecular formula is C13H22N2. The van der Waals surface area contributed by atoms with Crippen LogP contribution in [0.2, 0.25) is 0 Å². The van der Waals surface area contributed by atoms with Crippen molar-refractivity contribution in [1.29, 1.82) is 0 Å². The molecule has 2 unspecified atom stereocenters. The van der Waals surface area contributed by atoms with Gasteiger partial charge in [-0.2, -0.15) is 0 Å². The summed E-state index contributed by atoms with van der Waals surface area (Å²) in [6, 6.07) is 1.50. The minimum Gasteiger partial charge on any atom is -0.312 e. The zero-order valence-corrected chi connectivity index (χ0v) is 9.54. The molecule has 0 spiro atoms. The average Bonchev–Trinajstić information content (AvgIpc) is 2.80. The molecule has 15 heavy (non-hydrogen) atoms. The highest BCUT2D eigenvalue weighted by molar-refractivity contribution is 4.92. The maximum atomic E-state index is 5.35. The topological polar surface area (TPSA) is 15.3 Å². The van der Waals surface area contributed by atoms with E-state index >= 15 is 0 Å². The Morgan fingerprint density at radius 3 is 2.93 bits per heavy atom. The maximum absolute atomic E-state index is 5.35. The Balaban J connectivity index is 1.90. The molecule has 84 valence electrons. The van der Waals surface area contributed by atoms with Gasteiger partial charge in [-0.15, -0.1) is 12.3 Å². The standard InChI is InChI=1S/C13H22N2/c1-2-3-10-15-11-5-4-8-13(15)12-7-6-9-14-12/h1,12-14H,3-11H2. The first kappa shape index (κ1) is 11.0. The summed E-state index contributed by atoms with van der Waals surface area (Å²) in [7, 11) is 0. The molecule has 2 fully saturated rings. The second kappa shape index (κ2) is 5.53. The highest BCUT2D eigenvalue weighted by Gasteiger charge is 2.30. The predicted octanol–water partition coefficient (Wildman–Crippen LogP) is 1.62. The van der Waals surface area contributed by atoms with Crippen molar-refractivity contribution in [3.05, 3.63) is 0 Å². The van der Waals surface area contributed by atoms with Crippen LogP contribution in [-0.2, 0) is 0 Å². The van der Waals surface area contributed by atoms with E-state index in [0.29, 0.717) is 0 Å². The molecule has 2 nitrogen and oxygen atoms in total. The maximum Gasteiger partial charge on any atom is 0.0249 e. The SMILES string of the molecule is C#CCCN1CCCCC1C1CCCN1. The number of nitrogens with one attached hydrogen (secondary N) is 1. The van der Waals surface area contributed by atoms with Gasteiger partial charge in [-0.1, -0.05) is 6.42 Å². The summed E-state index contributed by atoms with van der Waals surface area (Å²) in [6.45, 7) is 3.56. The average molecular weight is 206 g/mol. The Bertz CT molecular complexity index is 225. The van der Waals surface area contributed by atoms with E-state index in [0.717, 1.165) is 25.0 Å². The molecule has 0 amide bonds. The lowest BCUT2D eigenvalue weighted by Crippen LogP contribution is -2.50. The Morgan fingerprint density at radius 1 is 1.27 bits per heavy atom. The van der Waals surface area contributed by atoms with E-state index in [1.165, 1.54) is 45.2 Å². The van der Waals surface area contributed by atoms with Crippen molar-refractivity contribution in [3.8, 4) is 12.3 Å². The third kappa shape index (κ3) is 2.74. The van der Waals surface area contributed by atoms with E-state index in [2.05, 4.69) is 16.1 Å². The van der Waals surface area contributed by atoms with Gasteiger partial charge in [0.1, 0.15) is 0 Å². The van der Waals surface area contributed by atoms with E-state index in [1.54, 1.807) is 0 Å². The Hall–Kier alpha value is -0.520. The minimum atomic E-state index is 0.739. The van der Waals surface area contributed by atoms with E-state index in [9.17, 15) is 0 Å². The second-order valence-electron chi connectivity index (χ2n) is 4.76. The van der Waals surface area contributed by atoms with Gasteiger partial charge in [0, 0.05) is 25.0 Å². The fourth-order valence-electron chi connectivity index (χ4n) is 3.00. The fraction of sp³-hybridized carbons (Fsp3) is 0.846. The van der Waals surface area contributed by atoms with Crippen molar-refractivity contribution >= 4 is 0 Å². The molecule has 0 bridgehead atoms. The summed E-state index contributed by atoms with van der Waals surface area (Å²) in [5.41, 5.74) is 0. The molecule has 0 aliphatic carbocycles. The van der Waals surface area contributed by atoms with Crippen molar-refractivity contribution in [2.45, 2.75) is 50.6 Å². The van der Waals surface area contributed by atoms with E-state index < -0.39 is 0 Å². The lowest BCUT2D eigenvalue weighted by molar-refractivity contribution is 0.123. The number of hydrogen-bond donors (Lipinski definition) is 1. The number of hydrogen-bond acceptors (Lipinski definition) is 2. The van der Waals surface area contributed by atoms with Gasteiger partial charge >= 0.3 is 0 Å². The normalized spacial score (nSPS) is 32.7. The van der Waals surface area contributed by atoms with Crippen molar-refractivity contribution in [1.82, 2.24) is 10.2 Å². The molecule has 2 heteroatoms. The molecule has 0 saturated carbocycles. The van der Waals surface area contributed by atoms with Crippen LogP contribution in [0.1, 0.15) is 38.5 Å². The van der Waals surface area contributed by atoms with Crippen molar-refractivity contribution in [2.24, 2.45) is 0 Å². The van der Waals surface area contributed by atoms with Crippen LogP contribution in [0.4, 0.5) is 0 Å². The monoisotopic (exact) mass is 206 g/mol. The van der Waals surface area contributed by atoms with Crippen molar-refractivity contribution in [3.63, 3.8) is 0 Å². The first-order chi connectivity index (χ1) is 7.42. The molecule has 2 atom stereocenters. The van der Waals surface area contributed by atoms with Crippen molar-refractivity contribution in [2.75, 3.05) is 19.6 Å². The molecular weight excluding hydrogens is 184 g/mol.